The van der Waals surface area contributed by atoms with E-state index in [4.69, 9.17) is 4.74 Å². The van der Waals surface area contributed by atoms with Crippen molar-refractivity contribution >= 4 is 0 Å². The summed E-state index contributed by atoms with van der Waals surface area (Å²) in [6, 6.07) is 0. The first-order valence-corrected chi connectivity index (χ1v) is 7.16. The lowest BCUT2D eigenvalue weighted by Gasteiger charge is -2.40. The van der Waals surface area contributed by atoms with Gasteiger partial charge in [0.05, 0.1) is 11.2 Å². The zero-order valence-electron chi connectivity index (χ0n) is 11.3. The van der Waals surface area contributed by atoms with Gasteiger partial charge in [-0.1, -0.05) is 13.8 Å². The molecule has 1 nitrogen and oxygen atoms in total. The monoisotopic (exact) mass is 222 g/mol. The zero-order valence-corrected chi connectivity index (χ0v) is 11.3. The van der Waals surface area contributed by atoms with E-state index in [9.17, 15) is 0 Å². The Morgan fingerprint density at radius 3 is 2.50 bits per heavy atom. The first-order valence-electron chi connectivity index (χ1n) is 7.16. The molecule has 2 aliphatic carbocycles. The maximum absolute atomic E-state index is 6.65. The lowest BCUT2D eigenvalue weighted by atomic mass is 9.77. The summed E-state index contributed by atoms with van der Waals surface area (Å²) in [6.07, 6.45) is 6.95. The highest BCUT2D eigenvalue weighted by molar-refractivity contribution is 5.10. The van der Waals surface area contributed by atoms with E-state index in [1.165, 1.54) is 32.1 Å². The quantitative estimate of drug-likeness (QED) is 0.601. The van der Waals surface area contributed by atoms with Gasteiger partial charge in [0.15, 0.2) is 0 Å². The van der Waals surface area contributed by atoms with Crippen LogP contribution in [0.1, 0.15) is 59.8 Å². The summed E-state index contributed by atoms with van der Waals surface area (Å²) >= 11 is 0. The summed E-state index contributed by atoms with van der Waals surface area (Å²) in [7, 11) is 0. The van der Waals surface area contributed by atoms with Crippen molar-refractivity contribution in [1.82, 2.24) is 0 Å². The van der Waals surface area contributed by atoms with Crippen LogP contribution in [-0.2, 0) is 4.74 Å². The molecule has 2 bridgehead atoms. The summed E-state index contributed by atoms with van der Waals surface area (Å²) in [6.45, 7) is 9.53. The fourth-order valence-corrected chi connectivity index (χ4v) is 4.94. The number of fused-ring (bicyclic) bond motifs is 1. The second-order valence-corrected chi connectivity index (χ2v) is 7.20. The Labute approximate surface area is 99.9 Å². The van der Waals surface area contributed by atoms with Crippen LogP contribution in [0.4, 0.5) is 0 Å². The van der Waals surface area contributed by atoms with E-state index >= 15 is 0 Å². The van der Waals surface area contributed by atoms with Gasteiger partial charge in [0, 0.05) is 0 Å². The summed E-state index contributed by atoms with van der Waals surface area (Å²) in [5.74, 6) is 3.31. The first kappa shape index (κ1) is 11.1. The van der Waals surface area contributed by atoms with Gasteiger partial charge in [-0.05, 0) is 69.6 Å². The molecule has 0 N–H and O–H groups in total. The van der Waals surface area contributed by atoms with Crippen molar-refractivity contribution in [3.63, 3.8) is 0 Å². The van der Waals surface area contributed by atoms with Gasteiger partial charge in [-0.25, -0.2) is 0 Å². The average molecular weight is 222 g/mol. The number of hydrogen-bond acceptors (Lipinski definition) is 1. The summed E-state index contributed by atoms with van der Waals surface area (Å²) in [5.41, 5.74) is 0.390. The molecule has 0 amide bonds. The molecule has 5 atom stereocenters. The van der Waals surface area contributed by atoms with E-state index in [-0.39, 0.29) is 11.2 Å². The number of hydrogen-bond donors (Lipinski definition) is 0. The Kier molecular flexibility index (Phi) is 2.25. The van der Waals surface area contributed by atoms with Crippen LogP contribution >= 0.6 is 0 Å². The Bertz CT molecular complexity index is 296. The minimum Gasteiger partial charge on any atom is -0.368 e. The highest BCUT2D eigenvalue weighted by Gasteiger charge is 2.61. The van der Waals surface area contributed by atoms with Crippen molar-refractivity contribution in [3.05, 3.63) is 0 Å². The molecule has 3 rings (SSSR count). The fourth-order valence-electron chi connectivity index (χ4n) is 4.94. The second-order valence-electron chi connectivity index (χ2n) is 7.20. The second kappa shape index (κ2) is 3.25. The smallest absolute Gasteiger partial charge is 0.0749 e. The minimum absolute atomic E-state index is 0.136. The topological polar surface area (TPSA) is 9.23 Å². The lowest BCUT2D eigenvalue weighted by Crippen LogP contribution is -2.43. The largest absolute Gasteiger partial charge is 0.368 e. The van der Waals surface area contributed by atoms with Crippen LogP contribution in [0.5, 0.6) is 0 Å². The van der Waals surface area contributed by atoms with E-state index in [1.54, 1.807) is 0 Å². The van der Waals surface area contributed by atoms with Crippen molar-refractivity contribution in [1.29, 1.82) is 0 Å². The molecular weight excluding hydrogens is 196 g/mol. The molecule has 92 valence electrons. The highest BCUT2D eigenvalue weighted by atomic mass is 16.5. The van der Waals surface area contributed by atoms with Gasteiger partial charge >= 0.3 is 0 Å². The third kappa shape index (κ3) is 1.27. The van der Waals surface area contributed by atoms with E-state index in [2.05, 4.69) is 27.7 Å². The third-order valence-electron chi connectivity index (χ3n) is 6.03. The molecular formula is C15H26O. The van der Waals surface area contributed by atoms with Crippen LogP contribution < -0.4 is 0 Å². The minimum atomic E-state index is 0.136. The summed E-state index contributed by atoms with van der Waals surface area (Å²) in [5, 5.41) is 0. The van der Waals surface area contributed by atoms with Crippen molar-refractivity contribution in [2.75, 3.05) is 0 Å². The van der Waals surface area contributed by atoms with Crippen LogP contribution in [0.3, 0.4) is 0 Å². The Morgan fingerprint density at radius 2 is 1.75 bits per heavy atom. The molecule has 1 spiro atoms. The predicted octanol–water partition coefficient (Wildman–Crippen LogP) is 4.02. The SMILES string of the molecule is CC1CC[C@@H]2[C@@H](C)CC[C@H]3C[C@]12OC3(C)C. The van der Waals surface area contributed by atoms with Crippen molar-refractivity contribution in [3.8, 4) is 0 Å². The van der Waals surface area contributed by atoms with E-state index in [0.717, 1.165) is 23.7 Å². The van der Waals surface area contributed by atoms with Crippen LogP contribution in [0, 0.1) is 23.7 Å². The third-order valence-corrected chi connectivity index (χ3v) is 6.03. The molecule has 2 saturated carbocycles. The molecule has 0 aromatic rings. The molecule has 3 aliphatic rings. The van der Waals surface area contributed by atoms with Gasteiger partial charge in [-0.3, -0.25) is 0 Å². The van der Waals surface area contributed by atoms with Gasteiger partial charge in [0.2, 0.25) is 0 Å². The molecule has 0 radical (unpaired) electrons. The predicted molar refractivity (Wildman–Crippen MR) is 66.3 cm³/mol. The molecule has 1 heterocycles. The molecule has 0 aromatic heterocycles. The highest BCUT2D eigenvalue weighted by Crippen LogP contribution is 2.61. The van der Waals surface area contributed by atoms with Crippen molar-refractivity contribution < 1.29 is 4.74 Å². The molecule has 1 saturated heterocycles. The maximum Gasteiger partial charge on any atom is 0.0749 e. The standard InChI is InChI=1S/C15H26O/c1-10-5-7-12-9-15(16-14(12,3)4)11(2)6-8-13(10)15/h10-13H,5-9H2,1-4H3/t10-,11?,12-,13+,15-/m0/s1. The molecule has 1 heteroatoms. The van der Waals surface area contributed by atoms with Crippen LogP contribution in [0.2, 0.25) is 0 Å². The lowest BCUT2D eigenvalue weighted by molar-refractivity contribution is -0.145. The Balaban J connectivity index is 2.01. The fraction of sp³-hybridized carbons (Fsp3) is 1.00. The first-order chi connectivity index (χ1) is 7.46. The van der Waals surface area contributed by atoms with E-state index in [0.29, 0.717) is 0 Å². The van der Waals surface area contributed by atoms with Gasteiger partial charge in [-0.15, -0.1) is 0 Å². The van der Waals surface area contributed by atoms with Crippen LogP contribution in [-0.4, -0.2) is 11.2 Å². The number of ether oxygens (including phenoxy) is 1. The molecule has 1 aliphatic heterocycles. The normalized spacial score (nSPS) is 54.8. The van der Waals surface area contributed by atoms with E-state index < -0.39 is 0 Å². The van der Waals surface area contributed by atoms with Crippen molar-refractivity contribution in [2.45, 2.75) is 71.0 Å². The number of rotatable bonds is 0. The van der Waals surface area contributed by atoms with Crippen LogP contribution in [0.15, 0.2) is 0 Å². The van der Waals surface area contributed by atoms with Gasteiger partial charge < -0.3 is 4.74 Å². The Morgan fingerprint density at radius 1 is 1.00 bits per heavy atom. The molecule has 0 aromatic carbocycles. The zero-order chi connectivity index (χ0) is 11.6. The molecule has 1 unspecified atom stereocenters. The van der Waals surface area contributed by atoms with Gasteiger partial charge in [-0.2, -0.15) is 0 Å². The van der Waals surface area contributed by atoms with Crippen LogP contribution in [0.25, 0.3) is 0 Å². The van der Waals surface area contributed by atoms with E-state index in [1.807, 2.05) is 0 Å². The van der Waals surface area contributed by atoms with Gasteiger partial charge in [0.1, 0.15) is 0 Å². The summed E-state index contributed by atoms with van der Waals surface area (Å²) in [4.78, 5) is 0. The Hall–Kier alpha value is -0.0400. The van der Waals surface area contributed by atoms with Crippen molar-refractivity contribution in [2.24, 2.45) is 23.7 Å². The van der Waals surface area contributed by atoms with Gasteiger partial charge in [0.25, 0.3) is 0 Å². The molecule has 16 heavy (non-hydrogen) atoms. The molecule has 3 fully saturated rings. The maximum atomic E-state index is 6.65. The average Bonchev–Trinajstić information content (AvgIpc) is 2.57. The summed E-state index contributed by atoms with van der Waals surface area (Å²) < 4.78 is 6.65.